The third kappa shape index (κ3) is 6.25. The lowest BCUT2D eigenvalue weighted by Crippen LogP contribution is -2.46. The van der Waals surface area contributed by atoms with Crippen LogP contribution < -0.4 is 4.74 Å². The summed E-state index contributed by atoms with van der Waals surface area (Å²) in [5, 5.41) is 0. The highest BCUT2D eigenvalue weighted by Crippen LogP contribution is 2.23. The number of hydrogen-bond acceptors (Lipinski definition) is 5. The van der Waals surface area contributed by atoms with Gasteiger partial charge in [-0.25, -0.2) is 4.79 Å². The maximum absolute atomic E-state index is 12.4. The van der Waals surface area contributed by atoms with Crippen LogP contribution in [0.1, 0.15) is 72.7 Å². The van der Waals surface area contributed by atoms with Gasteiger partial charge in [0.05, 0.1) is 17.7 Å². The molecule has 2 heterocycles. The van der Waals surface area contributed by atoms with Crippen molar-refractivity contribution in [2.45, 2.75) is 58.2 Å². The van der Waals surface area contributed by atoms with E-state index in [9.17, 15) is 14.4 Å². The van der Waals surface area contributed by atoms with E-state index in [4.69, 9.17) is 9.47 Å². The minimum atomic E-state index is -0.525. The minimum absolute atomic E-state index is 0.103. The summed E-state index contributed by atoms with van der Waals surface area (Å²) in [6.45, 7) is 7.09. The zero-order valence-electron chi connectivity index (χ0n) is 21.1. The summed E-state index contributed by atoms with van der Waals surface area (Å²) in [7, 11) is 0. The van der Waals surface area contributed by atoms with Crippen LogP contribution in [0.2, 0.25) is 0 Å². The molecule has 0 bridgehead atoms. The zero-order chi connectivity index (χ0) is 25.7. The standard InChI is InChI=1S/C29H32N2O5/c1-29(2,3)36-28(34)30-17-10-14-23(20-30)35-22-13-9-12-21(19-22)11-5-4-8-18-31-26(32)24-15-6-7-16-25(24)27(31)33/h6-7,9,12-13,15-16,19,23H,4,8,10,14,17-18,20H2,1-3H3/t23-/m0/s1. The highest BCUT2D eigenvalue weighted by molar-refractivity contribution is 6.21. The lowest BCUT2D eigenvalue weighted by Gasteiger charge is -2.34. The molecule has 2 aliphatic heterocycles. The van der Waals surface area contributed by atoms with Gasteiger partial charge in [-0.2, -0.15) is 0 Å². The average Bonchev–Trinajstić information content (AvgIpc) is 3.08. The van der Waals surface area contributed by atoms with Gasteiger partial charge in [-0.05, 0) is 70.4 Å². The van der Waals surface area contributed by atoms with Crippen LogP contribution in [0.3, 0.4) is 0 Å². The van der Waals surface area contributed by atoms with Crippen LogP contribution in [-0.4, -0.2) is 59.0 Å². The van der Waals surface area contributed by atoms with Gasteiger partial charge in [-0.15, -0.1) is 0 Å². The summed E-state index contributed by atoms with van der Waals surface area (Å²) in [4.78, 5) is 40.3. The molecule has 0 aliphatic carbocycles. The molecule has 0 saturated carbocycles. The molecule has 0 aromatic heterocycles. The quantitative estimate of drug-likeness (QED) is 0.340. The Balaban J connectivity index is 1.27. The fourth-order valence-electron chi connectivity index (χ4n) is 4.30. The number of carbonyl (C=O) groups is 3. The number of ether oxygens (including phenoxy) is 2. The second kappa shape index (κ2) is 10.9. The first-order chi connectivity index (χ1) is 17.2. The highest BCUT2D eigenvalue weighted by atomic mass is 16.6. The molecule has 2 aromatic carbocycles. The van der Waals surface area contributed by atoms with Crippen LogP contribution >= 0.6 is 0 Å². The molecular weight excluding hydrogens is 456 g/mol. The smallest absolute Gasteiger partial charge is 0.410 e. The van der Waals surface area contributed by atoms with E-state index in [1.807, 2.05) is 45.0 Å². The van der Waals surface area contributed by atoms with Gasteiger partial charge in [0.15, 0.2) is 0 Å². The number of fused-ring (bicyclic) bond motifs is 1. The fraction of sp³-hybridized carbons (Fsp3) is 0.414. The molecule has 0 N–H and O–H groups in total. The number of likely N-dealkylation sites (tertiary alicyclic amines) is 1. The Morgan fingerprint density at radius 3 is 2.47 bits per heavy atom. The van der Waals surface area contributed by atoms with Gasteiger partial charge in [-0.1, -0.05) is 30.0 Å². The predicted octanol–water partition coefficient (Wildman–Crippen LogP) is 4.89. The lowest BCUT2D eigenvalue weighted by molar-refractivity contribution is 0.00774. The number of imide groups is 1. The van der Waals surface area contributed by atoms with Crippen molar-refractivity contribution < 1.29 is 23.9 Å². The SMILES string of the molecule is CC(C)(C)OC(=O)N1CCC[C@H](Oc2cccc(C#CCCCN3C(=O)c4ccccc4C3=O)c2)C1. The van der Waals surface area contributed by atoms with Gasteiger partial charge in [0.1, 0.15) is 17.5 Å². The number of benzene rings is 2. The van der Waals surface area contributed by atoms with Crippen LogP contribution in [0.15, 0.2) is 48.5 Å². The van der Waals surface area contributed by atoms with Gasteiger partial charge < -0.3 is 14.4 Å². The molecule has 2 aromatic rings. The molecule has 3 amide bonds. The molecule has 36 heavy (non-hydrogen) atoms. The Labute approximate surface area is 212 Å². The second-order valence-electron chi connectivity index (χ2n) is 10.0. The normalized spacial score (nSPS) is 17.4. The first kappa shape index (κ1) is 25.3. The summed E-state index contributed by atoms with van der Waals surface area (Å²) in [6, 6.07) is 14.5. The zero-order valence-corrected chi connectivity index (χ0v) is 21.1. The molecule has 1 saturated heterocycles. The number of carbonyl (C=O) groups excluding carboxylic acids is 3. The molecule has 4 rings (SSSR count). The number of piperidine rings is 1. The van der Waals surface area contributed by atoms with Crippen molar-refractivity contribution in [3.63, 3.8) is 0 Å². The van der Waals surface area contributed by atoms with Gasteiger partial charge in [0, 0.05) is 25.1 Å². The number of nitrogens with zero attached hydrogens (tertiary/aromatic N) is 2. The van der Waals surface area contributed by atoms with E-state index in [0.717, 1.165) is 18.4 Å². The molecule has 1 fully saturated rings. The van der Waals surface area contributed by atoms with Crippen molar-refractivity contribution in [2.24, 2.45) is 0 Å². The second-order valence-corrected chi connectivity index (χ2v) is 10.0. The number of unbranched alkanes of at least 4 members (excludes halogenated alkanes) is 1. The fourth-order valence-corrected chi connectivity index (χ4v) is 4.30. The number of hydrogen-bond donors (Lipinski definition) is 0. The van der Waals surface area contributed by atoms with Gasteiger partial charge in [0.2, 0.25) is 0 Å². The van der Waals surface area contributed by atoms with E-state index in [1.165, 1.54) is 4.90 Å². The summed E-state index contributed by atoms with van der Waals surface area (Å²) < 4.78 is 11.6. The van der Waals surface area contributed by atoms with Crippen molar-refractivity contribution in [3.8, 4) is 17.6 Å². The van der Waals surface area contributed by atoms with Crippen LogP contribution in [0.25, 0.3) is 0 Å². The van der Waals surface area contributed by atoms with Crippen LogP contribution in [-0.2, 0) is 4.74 Å². The van der Waals surface area contributed by atoms with E-state index in [-0.39, 0.29) is 24.0 Å². The molecule has 7 heteroatoms. The van der Waals surface area contributed by atoms with Crippen molar-refractivity contribution in [1.29, 1.82) is 0 Å². The third-order valence-electron chi connectivity index (χ3n) is 5.96. The Morgan fingerprint density at radius 2 is 1.78 bits per heavy atom. The Bertz CT molecular complexity index is 1170. The Hall–Kier alpha value is -3.79. The van der Waals surface area contributed by atoms with Crippen molar-refractivity contribution >= 4 is 17.9 Å². The van der Waals surface area contributed by atoms with Crippen molar-refractivity contribution in [2.75, 3.05) is 19.6 Å². The molecule has 0 spiro atoms. The van der Waals surface area contributed by atoms with Gasteiger partial charge in [0.25, 0.3) is 11.8 Å². The number of amides is 3. The van der Waals surface area contributed by atoms with Gasteiger partial charge in [-0.3, -0.25) is 14.5 Å². The topological polar surface area (TPSA) is 76.2 Å². The molecule has 1 atom stereocenters. The van der Waals surface area contributed by atoms with Crippen molar-refractivity contribution in [1.82, 2.24) is 9.80 Å². The molecule has 0 unspecified atom stereocenters. The maximum Gasteiger partial charge on any atom is 0.410 e. The van der Waals surface area contributed by atoms with Gasteiger partial charge >= 0.3 is 6.09 Å². The molecule has 7 nitrogen and oxygen atoms in total. The predicted molar refractivity (Wildman–Crippen MR) is 136 cm³/mol. The van der Waals surface area contributed by atoms with E-state index in [2.05, 4.69) is 11.8 Å². The molecule has 188 valence electrons. The summed E-state index contributed by atoms with van der Waals surface area (Å²) in [5.41, 5.74) is 1.24. The van der Waals surface area contributed by atoms with E-state index >= 15 is 0 Å². The molecular formula is C29H32N2O5. The van der Waals surface area contributed by atoms with Crippen LogP contribution in [0, 0.1) is 11.8 Å². The molecule has 0 radical (unpaired) electrons. The van der Waals surface area contributed by atoms with Crippen LogP contribution in [0.4, 0.5) is 4.79 Å². The van der Waals surface area contributed by atoms with E-state index in [1.54, 1.807) is 29.2 Å². The first-order valence-corrected chi connectivity index (χ1v) is 12.4. The summed E-state index contributed by atoms with van der Waals surface area (Å²) in [6.07, 6.45) is 2.48. The minimum Gasteiger partial charge on any atom is -0.489 e. The highest BCUT2D eigenvalue weighted by Gasteiger charge is 2.34. The molecule has 2 aliphatic rings. The monoisotopic (exact) mass is 488 g/mol. The average molecular weight is 489 g/mol. The Morgan fingerprint density at radius 1 is 1.06 bits per heavy atom. The lowest BCUT2D eigenvalue weighted by atomic mass is 10.1. The maximum atomic E-state index is 12.4. The number of rotatable bonds is 5. The third-order valence-corrected chi connectivity index (χ3v) is 5.96. The Kier molecular flexibility index (Phi) is 7.64. The largest absolute Gasteiger partial charge is 0.489 e. The van der Waals surface area contributed by atoms with Crippen molar-refractivity contribution in [3.05, 3.63) is 65.2 Å². The van der Waals surface area contributed by atoms with E-state index < -0.39 is 5.60 Å². The first-order valence-electron chi connectivity index (χ1n) is 12.4. The van der Waals surface area contributed by atoms with E-state index in [0.29, 0.717) is 49.4 Å². The van der Waals surface area contributed by atoms with Crippen LogP contribution in [0.5, 0.6) is 5.75 Å². The summed E-state index contributed by atoms with van der Waals surface area (Å²) in [5.74, 6) is 6.51. The summed E-state index contributed by atoms with van der Waals surface area (Å²) >= 11 is 0.